The molecule has 1 heterocycles. The number of pyridine rings is 1. The van der Waals surface area contributed by atoms with E-state index in [0.29, 0.717) is 12.6 Å². The maximum atomic E-state index is 5.77. The van der Waals surface area contributed by atoms with Gasteiger partial charge >= 0.3 is 0 Å². The van der Waals surface area contributed by atoms with Crippen molar-refractivity contribution in [1.29, 1.82) is 0 Å². The first-order valence-electron chi connectivity index (χ1n) is 5.87. The Labute approximate surface area is 97.0 Å². The summed E-state index contributed by atoms with van der Waals surface area (Å²) in [6, 6.07) is 2.07. The van der Waals surface area contributed by atoms with Gasteiger partial charge in [0.05, 0.1) is 12.3 Å². The molecule has 2 rings (SSSR count). The van der Waals surface area contributed by atoms with Crippen LogP contribution in [0.2, 0.25) is 0 Å². The second kappa shape index (κ2) is 4.06. The molecular weight excluding hydrogens is 200 g/mol. The topological polar surface area (TPSA) is 48.1 Å². The van der Waals surface area contributed by atoms with E-state index in [4.69, 9.17) is 10.5 Å². The number of aromatic nitrogens is 1. The lowest BCUT2D eigenvalue weighted by Gasteiger charge is -2.19. The molecule has 1 aliphatic rings. The summed E-state index contributed by atoms with van der Waals surface area (Å²) in [4.78, 5) is 4.46. The van der Waals surface area contributed by atoms with Crippen LogP contribution in [0.5, 0.6) is 5.75 Å². The Morgan fingerprint density at radius 1 is 1.44 bits per heavy atom. The van der Waals surface area contributed by atoms with Crippen LogP contribution >= 0.6 is 0 Å². The first kappa shape index (κ1) is 11.4. The summed E-state index contributed by atoms with van der Waals surface area (Å²) in [6.07, 6.45) is 4.53. The van der Waals surface area contributed by atoms with Gasteiger partial charge in [-0.3, -0.25) is 4.98 Å². The second-order valence-electron chi connectivity index (χ2n) is 5.45. The van der Waals surface area contributed by atoms with Gasteiger partial charge in [-0.15, -0.1) is 0 Å². The average molecular weight is 220 g/mol. The maximum Gasteiger partial charge on any atom is 0.142 e. The molecule has 16 heavy (non-hydrogen) atoms. The number of ether oxygens (including phenoxy) is 1. The van der Waals surface area contributed by atoms with E-state index in [1.807, 2.05) is 6.20 Å². The quantitative estimate of drug-likeness (QED) is 0.850. The monoisotopic (exact) mass is 220 g/mol. The molecule has 1 saturated carbocycles. The van der Waals surface area contributed by atoms with Crippen molar-refractivity contribution < 1.29 is 4.74 Å². The third-order valence-electron chi connectivity index (χ3n) is 2.75. The zero-order valence-electron chi connectivity index (χ0n) is 10.3. The van der Waals surface area contributed by atoms with E-state index in [-0.39, 0.29) is 5.41 Å². The zero-order valence-corrected chi connectivity index (χ0v) is 10.3. The van der Waals surface area contributed by atoms with Crippen LogP contribution < -0.4 is 10.5 Å². The van der Waals surface area contributed by atoms with E-state index in [2.05, 4.69) is 31.8 Å². The molecule has 3 nitrogen and oxygen atoms in total. The number of hydrogen-bond donors (Lipinski definition) is 1. The van der Waals surface area contributed by atoms with Gasteiger partial charge in [-0.25, -0.2) is 0 Å². The van der Waals surface area contributed by atoms with Crippen LogP contribution in [0.25, 0.3) is 0 Å². The molecule has 0 bridgehead atoms. The van der Waals surface area contributed by atoms with Gasteiger partial charge in [-0.05, 0) is 18.9 Å². The highest BCUT2D eigenvalue weighted by Gasteiger charge is 2.25. The summed E-state index contributed by atoms with van der Waals surface area (Å²) in [5, 5.41) is 0. The largest absolute Gasteiger partial charge is 0.488 e. The summed E-state index contributed by atoms with van der Waals surface area (Å²) >= 11 is 0. The van der Waals surface area contributed by atoms with E-state index in [0.717, 1.165) is 29.8 Å². The molecule has 88 valence electrons. The Balaban J connectivity index is 2.26. The van der Waals surface area contributed by atoms with Crippen LogP contribution in [0, 0.1) is 0 Å². The highest BCUT2D eigenvalue weighted by molar-refractivity contribution is 5.34. The van der Waals surface area contributed by atoms with Crippen molar-refractivity contribution >= 4 is 0 Å². The van der Waals surface area contributed by atoms with Gasteiger partial charge in [0.15, 0.2) is 0 Å². The molecule has 0 radical (unpaired) electrons. The Hall–Kier alpha value is -1.09. The smallest absolute Gasteiger partial charge is 0.142 e. The molecule has 1 aromatic rings. The minimum Gasteiger partial charge on any atom is -0.488 e. The van der Waals surface area contributed by atoms with Gasteiger partial charge in [0.25, 0.3) is 0 Å². The second-order valence-corrected chi connectivity index (χ2v) is 5.45. The fourth-order valence-electron chi connectivity index (χ4n) is 1.53. The third-order valence-corrected chi connectivity index (χ3v) is 2.75. The average Bonchev–Trinajstić information content (AvgIpc) is 3.00. The molecular formula is C13H20N2O. The molecule has 0 atom stereocenters. The van der Waals surface area contributed by atoms with Gasteiger partial charge in [0.1, 0.15) is 5.75 Å². The van der Waals surface area contributed by atoms with E-state index in [9.17, 15) is 0 Å². The van der Waals surface area contributed by atoms with Gasteiger partial charge in [-0.1, -0.05) is 20.8 Å². The molecule has 1 fully saturated rings. The predicted octanol–water partition coefficient (Wildman–Crippen LogP) is 2.38. The van der Waals surface area contributed by atoms with Crippen molar-refractivity contribution in [2.24, 2.45) is 5.73 Å². The Bertz CT molecular complexity index is 378. The first-order valence-corrected chi connectivity index (χ1v) is 5.87. The van der Waals surface area contributed by atoms with Crippen LogP contribution in [-0.2, 0) is 12.0 Å². The minimum absolute atomic E-state index is 0.0576. The summed E-state index contributed by atoms with van der Waals surface area (Å²) < 4.78 is 5.77. The molecule has 1 aromatic heterocycles. The summed E-state index contributed by atoms with van der Waals surface area (Å²) in [5.74, 6) is 0.859. The van der Waals surface area contributed by atoms with E-state index >= 15 is 0 Å². The van der Waals surface area contributed by atoms with Gasteiger partial charge < -0.3 is 10.5 Å². The third kappa shape index (κ3) is 2.53. The molecule has 2 N–H and O–H groups in total. The van der Waals surface area contributed by atoms with E-state index in [1.54, 1.807) is 0 Å². The fourth-order valence-corrected chi connectivity index (χ4v) is 1.53. The minimum atomic E-state index is 0.0576. The molecule has 0 amide bonds. The molecule has 0 spiro atoms. The Morgan fingerprint density at radius 2 is 2.12 bits per heavy atom. The molecule has 0 saturated heterocycles. The molecule has 0 unspecified atom stereocenters. The van der Waals surface area contributed by atoms with Crippen molar-refractivity contribution in [2.45, 2.75) is 51.7 Å². The lowest BCUT2D eigenvalue weighted by molar-refractivity contribution is 0.298. The molecule has 0 aromatic carbocycles. The number of nitrogens with zero attached hydrogens (tertiary/aromatic N) is 1. The highest BCUT2D eigenvalue weighted by Crippen LogP contribution is 2.30. The number of rotatable bonds is 3. The Kier molecular flexibility index (Phi) is 2.89. The molecule has 1 aliphatic carbocycles. The molecule has 0 aliphatic heterocycles. The number of hydrogen-bond acceptors (Lipinski definition) is 3. The van der Waals surface area contributed by atoms with Crippen molar-refractivity contribution in [3.63, 3.8) is 0 Å². The van der Waals surface area contributed by atoms with Crippen LogP contribution in [0.3, 0.4) is 0 Å². The summed E-state index contributed by atoms with van der Waals surface area (Å²) in [7, 11) is 0. The standard InChI is InChI=1S/C13H20N2O/c1-13(2,3)12-6-9(7-14)11(8-15-12)16-10-4-5-10/h6,8,10H,4-5,7,14H2,1-3H3. The number of nitrogens with two attached hydrogens (primary N) is 1. The van der Waals surface area contributed by atoms with Crippen molar-refractivity contribution in [3.05, 3.63) is 23.5 Å². The SMILES string of the molecule is CC(C)(C)c1cc(CN)c(OC2CC2)cn1. The Morgan fingerprint density at radius 3 is 2.62 bits per heavy atom. The van der Waals surface area contributed by atoms with Crippen LogP contribution in [0.15, 0.2) is 12.3 Å². The van der Waals surface area contributed by atoms with Crippen LogP contribution in [-0.4, -0.2) is 11.1 Å². The molecule has 3 heteroatoms. The lowest BCUT2D eigenvalue weighted by atomic mass is 9.91. The van der Waals surface area contributed by atoms with Crippen LogP contribution in [0.1, 0.15) is 44.9 Å². The highest BCUT2D eigenvalue weighted by atomic mass is 16.5. The maximum absolute atomic E-state index is 5.77. The van der Waals surface area contributed by atoms with Crippen LogP contribution in [0.4, 0.5) is 0 Å². The normalized spacial score (nSPS) is 16.2. The lowest BCUT2D eigenvalue weighted by Crippen LogP contribution is -2.15. The van der Waals surface area contributed by atoms with Crippen molar-refractivity contribution in [1.82, 2.24) is 4.98 Å². The van der Waals surface area contributed by atoms with Crippen molar-refractivity contribution in [3.8, 4) is 5.75 Å². The fraction of sp³-hybridized carbons (Fsp3) is 0.615. The van der Waals surface area contributed by atoms with Gasteiger partial charge in [0.2, 0.25) is 0 Å². The van der Waals surface area contributed by atoms with E-state index < -0.39 is 0 Å². The van der Waals surface area contributed by atoms with Crippen molar-refractivity contribution in [2.75, 3.05) is 0 Å². The summed E-state index contributed by atoms with van der Waals surface area (Å²) in [6.45, 7) is 6.96. The van der Waals surface area contributed by atoms with Gasteiger partial charge in [-0.2, -0.15) is 0 Å². The van der Waals surface area contributed by atoms with E-state index in [1.165, 1.54) is 0 Å². The zero-order chi connectivity index (χ0) is 11.8. The van der Waals surface area contributed by atoms with Gasteiger partial charge in [0, 0.05) is 23.2 Å². The predicted molar refractivity (Wildman–Crippen MR) is 64.5 cm³/mol. The first-order chi connectivity index (χ1) is 7.50. The summed E-state index contributed by atoms with van der Waals surface area (Å²) in [5.41, 5.74) is 7.94.